The molecule has 1 unspecified atom stereocenters. The highest BCUT2D eigenvalue weighted by Gasteiger charge is 2.29. The fraction of sp³-hybridized carbons (Fsp3) is 0.611. The molecule has 4 rings (SSSR count). The van der Waals surface area contributed by atoms with E-state index in [1.165, 1.54) is 6.42 Å². The van der Waals surface area contributed by atoms with Gasteiger partial charge in [-0.15, -0.1) is 0 Å². The van der Waals surface area contributed by atoms with E-state index in [2.05, 4.69) is 29.3 Å². The van der Waals surface area contributed by atoms with Crippen molar-refractivity contribution in [3.63, 3.8) is 0 Å². The molecule has 2 aromatic rings. The number of aryl methyl sites for hydroxylation is 1. The van der Waals surface area contributed by atoms with E-state index in [-0.39, 0.29) is 5.91 Å². The van der Waals surface area contributed by atoms with Gasteiger partial charge in [0.25, 0.3) is 5.91 Å². The molecule has 0 bridgehead atoms. The average Bonchev–Trinajstić information content (AvgIpc) is 3.25. The molecule has 2 aliphatic rings. The number of carbonyl (C=O) groups is 1. The number of aromatic nitrogens is 4. The van der Waals surface area contributed by atoms with Crippen LogP contribution in [0.1, 0.15) is 42.0 Å². The summed E-state index contributed by atoms with van der Waals surface area (Å²) in [5.74, 6) is 1.13. The maximum Gasteiger partial charge on any atom is 0.274 e. The molecule has 25 heavy (non-hydrogen) atoms. The number of amides is 1. The smallest absolute Gasteiger partial charge is 0.274 e. The molecular weight excluding hydrogens is 316 g/mol. The predicted octanol–water partition coefficient (Wildman–Crippen LogP) is 1.31. The normalized spacial score (nSPS) is 21.0. The van der Waals surface area contributed by atoms with Crippen molar-refractivity contribution in [1.82, 2.24) is 29.3 Å². The molecule has 0 aromatic carbocycles. The molecule has 1 atom stereocenters. The lowest BCUT2D eigenvalue weighted by atomic mass is 9.99. The zero-order valence-electron chi connectivity index (χ0n) is 14.6. The standard InChI is InChI=1S/C18H26N6O/c25-18(16-13-23-12-8-19-6-4-17(23)21-16)24-9-2-1-3-15(24)5-10-22-11-7-20-14-22/h7,11,13-15,19H,1-6,8-10,12H2. The van der Waals surface area contributed by atoms with E-state index >= 15 is 0 Å². The van der Waals surface area contributed by atoms with Gasteiger partial charge in [0, 0.05) is 63.8 Å². The Labute approximate surface area is 148 Å². The quantitative estimate of drug-likeness (QED) is 0.910. The van der Waals surface area contributed by atoms with E-state index in [0.717, 1.165) is 64.2 Å². The zero-order chi connectivity index (χ0) is 17.1. The Hall–Kier alpha value is -2.15. The van der Waals surface area contributed by atoms with Crippen LogP contribution in [0, 0.1) is 0 Å². The Morgan fingerprint density at radius 3 is 3.12 bits per heavy atom. The monoisotopic (exact) mass is 342 g/mol. The van der Waals surface area contributed by atoms with E-state index in [0.29, 0.717) is 11.7 Å². The van der Waals surface area contributed by atoms with Crippen LogP contribution in [0.4, 0.5) is 0 Å². The van der Waals surface area contributed by atoms with Crippen LogP contribution in [-0.2, 0) is 19.5 Å². The van der Waals surface area contributed by atoms with Gasteiger partial charge in [-0.1, -0.05) is 0 Å². The van der Waals surface area contributed by atoms with Gasteiger partial charge in [-0.25, -0.2) is 9.97 Å². The predicted molar refractivity (Wildman–Crippen MR) is 94.3 cm³/mol. The first-order valence-electron chi connectivity index (χ1n) is 9.35. The first-order chi connectivity index (χ1) is 12.3. The summed E-state index contributed by atoms with van der Waals surface area (Å²) in [6.45, 7) is 4.51. The summed E-state index contributed by atoms with van der Waals surface area (Å²) in [5, 5.41) is 3.37. The molecule has 7 heteroatoms. The van der Waals surface area contributed by atoms with E-state index < -0.39 is 0 Å². The second-order valence-corrected chi connectivity index (χ2v) is 6.97. The summed E-state index contributed by atoms with van der Waals surface area (Å²) in [5.41, 5.74) is 0.617. The summed E-state index contributed by atoms with van der Waals surface area (Å²) < 4.78 is 4.22. The van der Waals surface area contributed by atoms with Gasteiger partial charge >= 0.3 is 0 Å². The highest BCUT2D eigenvalue weighted by atomic mass is 16.2. The van der Waals surface area contributed by atoms with Gasteiger partial charge < -0.3 is 19.4 Å². The lowest BCUT2D eigenvalue weighted by Gasteiger charge is -2.35. The van der Waals surface area contributed by atoms with E-state index in [1.54, 1.807) is 6.20 Å². The fourth-order valence-electron chi connectivity index (χ4n) is 3.91. The second kappa shape index (κ2) is 7.39. The Kier molecular flexibility index (Phi) is 4.83. The van der Waals surface area contributed by atoms with Gasteiger partial charge in [-0.05, 0) is 25.7 Å². The Balaban J connectivity index is 1.46. The summed E-state index contributed by atoms with van der Waals surface area (Å²) in [6, 6.07) is 0.298. The first kappa shape index (κ1) is 16.3. The van der Waals surface area contributed by atoms with Crippen LogP contribution in [-0.4, -0.2) is 55.6 Å². The number of hydrogen-bond acceptors (Lipinski definition) is 4. The van der Waals surface area contributed by atoms with Gasteiger partial charge in [0.05, 0.1) is 6.33 Å². The molecule has 1 amide bonds. The summed E-state index contributed by atoms with van der Waals surface area (Å²) in [7, 11) is 0. The molecule has 1 fully saturated rings. The molecule has 0 radical (unpaired) electrons. The molecule has 4 heterocycles. The summed E-state index contributed by atoms with van der Waals surface area (Å²) >= 11 is 0. The van der Waals surface area contributed by atoms with Crippen molar-refractivity contribution in [3.8, 4) is 0 Å². The molecule has 1 saturated heterocycles. The molecule has 7 nitrogen and oxygen atoms in total. The first-order valence-corrected chi connectivity index (χ1v) is 9.35. The number of likely N-dealkylation sites (tertiary alicyclic amines) is 1. The Morgan fingerprint density at radius 1 is 1.28 bits per heavy atom. The molecule has 0 saturated carbocycles. The van der Waals surface area contributed by atoms with Crippen molar-refractivity contribution in [2.24, 2.45) is 0 Å². The Bertz CT molecular complexity index is 684. The number of nitrogens with zero attached hydrogens (tertiary/aromatic N) is 5. The Morgan fingerprint density at radius 2 is 2.24 bits per heavy atom. The third-order valence-corrected chi connectivity index (χ3v) is 5.30. The molecule has 2 aromatic heterocycles. The number of imidazole rings is 2. The van der Waals surface area contributed by atoms with E-state index in [1.807, 2.05) is 18.7 Å². The molecule has 0 spiro atoms. The minimum absolute atomic E-state index is 0.101. The molecule has 2 aliphatic heterocycles. The third kappa shape index (κ3) is 3.61. The van der Waals surface area contributed by atoms with Crippen LogP contribution < -0.4 is 5.32 Å². The highest BCUT2D eigenvalue weighted by Crippen LogP contribution is 2.22. The number of piperidine rings is 1. The number of fused-ring (bicyclic) bond motifs is 1. The number of rotatable bonds is 4. The van der Waals surface area contributed by atoms with Gasteiger partial charge in [0.2, 0.25) is 0 Å². The van der Waals surface area contributed by atoms with Crippen LogP contribution in [0.5, 0.6) is 0 Å². The minimum Gasteiger partial charge on any atom is -0.337 e. The lowest BCUT2D eigenvalue weighted by Crippen LogP contribution is -2.44. The third-order valence-electron chi connectivity index (χ3n) is 5.30. The summed E-state index contributed by atoms with van der Waals surface area (Å²) in [4.78, 5) is 23.9. The van der Waals surface area contributed by atoms with Crippen molar-refractivity contribution in [3.05, 3.63) is 36.4 Å². The maximum absolute atomic E-state index is 13.1. The second-order valence-electron chi connectivity index (χ2n) is 6.97. The summed E-state index contributed by atoms with van der Waals surface area (Å²) in [6.07, 6.45) is 12.8. The van der Waals surface area contributed by atoms with Gasteiger partial charge in [-0.2, -0.15) is 0 Å². The maximum atomic E-state index is 13.1. The van der Waals surface area contributed by atoms with Gasteiger partial charge in [0.15, 0.2) is 0 Å². The SMILES string of the molecule is O=C(c1cn2c(n1)CCNCC2)N1CCCCC1CCn1ccnc1. The molecule has 1 N–H and O–H groups in total. The van der Waals surface area contributed by atoms with Crippen molar-refractivity contribution in [2.75, 3.05) is 19.6 Å². The number of carbonyl (C=O) groups excluding carboxylic acids is 1. The van der Waals surface area contributed by atoms with Gasteiger partial charge in [0.1, 0.15) is 11.5 Å². The van der Waals surface area contributed by atoms with Crippen molar-refractivity contribution < 1.29 is 4.79 Å². The fourth-order valence-corrected chi connectivity index (χ4v) is 3.91. The molecule has 134 valence electrons. The van der Waals surface area contributed by atoms with Crippen LogP contribution in [0.2, 0.25) is 0 Å². The highest BCUT2D eigenvalue weighted by molar-refractivity contribution is 5.92. The van der Waals surface area contributed by atoms with Gasteiger partial charge in [-0.3, -0.25) is 4.79 Å². The van der Waals surface area contributed by atoms with Crippen molar-refractivity contribution in [1.29, 1.82) is 0 Å². The van der Waals surface area contributed by atoms with Crippen LogP contribution in [0.15, 0.2) is 24.9 Å². The number of hydrogen-bond donors (Lipinski definition) is 1. The van der Waals surface area contributed by atoms with E-state index in [9.17, 15) is 4.79 Å². The largest absolute Gasteiger partial charge is 0.337 e. The van der Waals surface area contributed by atoms with Crippen LogP contribution in [0.25, 0.3) is 0 Å². The lowest BCUT2D eigenvalue weighted by molar-refractivity contribution is 0.0589. The van der Waals surface area contributed by atoms with Crippen LogP contribution in [0.3, 0.4) is 0 Å². The van der Waals surface area contributed by atoms with Crippen LogP contribution >= 0.6 is 0 Å². The average molecular weight is 342 g/mol. The minimum atomic E-state index is 0.101. The molecular formula is C18H26N6O. The zero-order valence-corrected chi connectivity index (χ0v) is 14.6. The number of nitrogens with one attached hydrogen (secondary N) is 1. The van der Waals surface area contributed by atoms with Crippen molar-refractivity contribution >= 4 is 5.91 Å². The van der Waals surface area contributed by atoms with Crippen molar-refractivity contribution in [2.45, 2.75) is 51.2 Å². The van der Waals surface area contributed by atoms with E-state index in [4.69, 9.17) is 0 Å². The topological polar surface area (TPSA) is 68.0 Å². The molecule has 0 aliphatic carbocycles.